The van der Waals surface area contributed by atoms with Crippen molar-refractivity contribution >= 4 is 16.7 Å². The van der Waals surface area contributed by atoms with Crippen LogP contribution < -0.4 is 10.6 Å². The Morgan fingerprint density at radius 3 is 2.92 bits per heavy atom. The van der Waals surface area contributed by atoms with Crippen LogP contribution in [-0.2, 0) is 0 Å². The maximum Gasteiger partial charge on any atom is 0.204 e. The molecule has 2 N–H and O–H groups in total. The first-order valence-corrected chi connectivity index (χ1v) is 5.37. The number of nitrogens with two attached hydrogens (primary N) is 1. The van der Waals surface area contributed by atoms with Gasteiger partial charge in [0.15, 0.2) is 0 Å². The summed E-state index contributed by atoms with van der Waals surface area (Å²) >= 11 is 1.43. The highest BCUT2D eigenvalue weighted by Gasteiger charge is 2.07. The van der Waals surface area contributed by atoms with Crippen LogP contribution >= 0.6 is 11.5 Å². The molecule has 1 heterocycles. The van der Waals surface area contributed by atoms with Crippen LogP contribution in [0.3, 0.4) is 0 Å². The van der Waals surface area contributed by atoms with Gasteiger partial charge in [0, 0.05) is 31.2 Å². The van der Waals surface area contributed by atoms with E-state index in [9.17, 15) is 0 Å². The van der Waals surface area contributed by atoms with E-state index >= 15 is 0 Å². The average molecular weight is 200 g/mol. The van der Waals surface area contributed by atoms with Gasteiger partial charge in [-0.25, -0.2) is 4.98 Å². The molecule has 0 aromatic carbocycles. The lowest BCUT2D eigenvalue weighted by Gasteiger charge is -2.19. The van der Waals surface area contributed by atoms with Gasteiger partial charge in [0.25, 0.3) is 0 Å². The topological polar surface area (TPSA) is 55.0 Å². The third-order valence-corrected chi connectivity index (χ3v) is 2.53. The fraction of sp³-hybridized carbons (Fsp3) is 0.750. The Morgan fingerprint density at radius 2 is 2.38 bits per heavy atom. The molecule has 5 heteroatoms. The molecular formula is C8H16N4S. The molecule has 0 saturated carbocycles. The highest BCUT2D eigenvalue weighted by Crippen LogP contribution is 2.14. The zero-order valence-electron chi connectivity index (χ0n) is 7.94. The second-order valence-corrected chi connectivity index (χ2v) is 3.61. The fourth-order valence-electron chi connectivity index (χ4n) is 1.11. The van der Waals surface area contributed by atoms with E-state index in [1.807, 2.05) is 0 Å². The maximum atomic E-state index is 5.52. The van der Waals surface area contributed by atoms with Crippen LogP contribution in [0.4, 0.5) is 5.13 Å². The van der Waals surface area contributed by atoms with Gasteiger partial charge in [-0.15, -0.1) is 0 Å². The van der Waals surface area contributed by atoms with Crippen molar-refractivity contribution in [1.82, 2.24) is 9.36 Å². The van der Waals surface area contributed by atoms with Crippen molar-refractivity contribution in [2.24, 2.45) is 5.73 Å². The zero-order chi connectivity index (χ0) is 9.52. The summed E-state index contributed by atoms with van der Waals surface area (Å²) in [7, 11) is 0. The summed E-state index contributed by atoms with van der Waals surface area (Å²) in [5, 5.41) is 0.985. The van der Waals surface area contributed by atoms with Crippen molar-refractivity contribution in [2.45, 2.75) is 19.8 Å². The lowest BCUT2D eigenvalue weighted by atomic mass is 10.3. The summed E-state index contributed by atoms with van der Waals surface area (Å²) in [6.45, 7) is 4.75. The maximum absolute atomic E-state index is 5.52. The van der Waals surface area contributed by atoms with Crippen molar-refractivity contribution < 1.29 is 0 Å². The Balaban J connectivity index is 2.47. The number of aromatic nitrogens is 2. The number of nitrogens with zero attached hydrogens (tertiary/aromatic N) is 3. The first kappa shape index (κ1) is 10.4. The Kier molecular flexibility index (Phi) is 4.70. The SMILES string of the molecule is CCCCN(CCN)c1ncns1. The van der Waals surface area contributed by atoms with Crippen LogP contribution in [0.1, 0.15) is 19.8 Å². The van der Waals surface area contributed by atoms with Crippen LogP contribution in [-0.4, -0.2) is 29.0 Å². The smallest absolute Gasteiger partial charge is 0.204 e. The minimum absolute atomic E-state index is 0.670. The molecule has 0 radical (unpaired) electrons. The second kappa shape index (κ2) is 5.88. The first-order valence-electron chi connectivity index (χ1n) is 4.60. The quantitative estimate of drug-likeness (QED) is 0.747. The van der Waals surface area contributed by atoms with Gasteiger partial charge in [-0.3, -0.25) is 0 Å². The fourth-order valence-corrected chi connectivity index (χ4v) is 1.70. The number of rotatable bonds is 6. The molecule has 0 unspecified atom stereocenters. The lowest BCUT2D eigenvalue weighted by molar-refractivity contribution is 0.713. The summed E-state index contributed by atoms with van der Waals surface area (Å²) < 4.78 is 3.98. The molecule has 4 nitrogen and oxygen atoms in total. The molecule has 74 valence electrons. The monoisotopic (exact) mass is 200 g/mol. The van der Waals surface area contributed by atoms with Crippen molar-refractivity contribution in [3.05, 3.63) is 6.33 Å². The molecule has 1 aromatic rings. The van der Waals surface area contributed by atoms with Gasteiger partial charge in [0.2, 0.25) is 5.13 Å². The van der Waals surface area contributed by atoms with E-state index in [4.69, 9.17) is 5.73 Å². The molecule has 1 aromatic heterocycles. The molecule has 0 amide bonds. The van der Waals surface area contributed by atoms with Gasteiger partial charge in [-0.05, 0) is 6.42 Å². The standard InChI is InChI=1S/C8H16N4S/c1-2-3-5-12(6-4-9)8-10-7-11-13-8/h7H,2-6,9H2,1H3. The molecule has 0 saturated heterocycles. The molecule has 0 bridgehead atoms. The summed E-state index contributed by atoms with van der Waals surface area (Å²) in [6.07, 6.45) is 3.97. The highest BCUT2D eigenvalue weighted by molar-refractivity contribution is 7.09. The summed E-state index contributed by atoms with van der Waals surface area (Å²) in [5.41, 5.74) is 5.52. The van der Waals surface area contributed by atoms with Crippen LogP contribution in [0, 0.1) is 0 Å². The number of hydrogen-bond donors (Lipinski definition) is 1. The van der Waals surface area contributed by atoms with Gasteiger partial charge in [-0.2, -0.15) is 4.37 Å². The van der Waals surface area contributed by atoms with Gasteiger partial charge in [-0.1, -0.05) is 13.3 Å². The molecule has 0 aliphatic carbocycles. The van der Waals surface area contributed by atoms with Gasteiger partial charge >= 0.3 is 0 Å². The van der Waals surface area contributed by atoms with E-state index in [1.165, 1.54) is 24.4 Å². The molecule has 0 spiro atoms. The van der Waals surface area contributed by atoms with E-state index in [-0.39, 0.29) is 0 Å². The third kappa shape index (κ3) is 3.28. The van der Waals surface area contributed by atoms with Crippen LogP contribution in [0.15, 0.2) is 6.33 Å². The van der Waals surface area contributed by atoms with E-state index < -0.39 is 0 Å². The predicted octanol–water partition coefficient (Wildman–Crippen LogP) is 1.10. The van der Waals surface area contributed by atoms with E-state index in [0.717, 1.165) is 18.2 Å². The Hall–Kier alpha value is -0.680. The van der Waals surface area contributed by atoms with Crippen molar-refractivity contribution in [3.8, 4) is 0 Å². The molecule has 1 rings (SSSR count). The average Bonchev–Trinajstić information content (AvgIpc) is 2.65. The van der Waals surface area contributed by atoms with Crippen LogP contribution in [0.2, 0.25) is 0 Å². The Labute approximate surface area is 82.9 Å². The zero-order valence-corrected chi connectivity index (χ0v) is 8.76. The summed E-state index contributed by atoms with van der Waals surface area (Å²) in [6, 6.07) is 0. The minimum atomic E-state index is 0.670. The lowest BCUT2D eigenvalue weighted by Crippen LogP contribution is -2.30. The minimum Gasteiger partial charge on any atom is -0.346 e. The van der Waals surface area contributed by atoms with Crippen molar-refractivity contribution in [3.63, 3.8) is 0 Å². The molecule has 0 fully saturated rings. The van der Waals surface area contributed by atoms with Gasteiger partial charge < -0.3 is 10.6 Å². The first-order chi connectivity index (χ1) is 6.38. The van der Waals surface area contributed by atoms with Crippen LogP contribution in [0.5, 0.6) is 0 Å². The van der Waals surface area contributed by atoms with Crippen LogP contribution in [0.25, 0.3) is 0 Å². The van der Waals surface area contributed by atoms with E-state index in [2.05, 4.69) is 21.2 Å². The van der Waals surface area contributed by atoms with E-state index in [1.54, 1.807) is 6.33 Å². The van der Waals surface area contributed by atoms with E-state index in [0.29, 0.717) is 6.54 Å². The largest absolute Gasteiger partial charge is 0.346 e. The van der Waals surface area contributed by atoms with Crippen molar-refractivity contribution in [1.29, 1.82) is 0 Å². The number of unbranched alkanes of at least 4 members (excludes halogenated alkanes) is 1. The highest BCUT2D eigenvalue weighted by atomic mass is 32.1. The molecular weight excluding hydrogens is 184 g/mol. The predicted molar refractivity (Wildman–Crippen MR) is 56.1 cm³/mol. The molecule has 0 aliphatic heterocycles. The number of hydrogen-bond acceptors (Lipinski definition) is 5. The van der Waals surface area contributed by atoms with Crippen molar-refractivity contribution in [2.75, 3.05) is 24.5 Å². The summed E-state index contributed by atoms with van der Waals surface area (Å²) in [4.78, 5) is 6.36. The second-order valence-electron chi connectivity index (χ2n) is 2.85. The number of anilines is 1. The van der Waals surface area contributed by atoms with Gasteiger partial charge in [0.05, 0.1) is 0 Å². The van der Waals surface area contributed by atoms with Gasteiger partial charge in [0.1, 0.15) is 6.33 Å². The Morgan fingerprint density at radius 1 is 1.54 bits per heavy atom. The summed E-state index contributed by atoms with van der Waals surface area (Å²) in [5.74, 6) is 0. The normalized spacial score (nSPS) is 10.3. The molecule has 13 heavy (non-hydrogen) atoms. The molecule has 0 atom stereocenters. The third-order valence-electron chi connectivity index (χ3n) is 1.80. The molecule has 0 aliphatic rings. The Bertz CT molecular complexity index is 212.